The monoisotopic (exact) mass is 373 g/mol. The van der Waals surface area contributed by atoms with Gasteiger partial charge in [0.1, 0.15) is 16.4 Å². The Hall–Kier alpha value is 0.290. The van der Waals surface area contributed by atoms with E-state index in [-0.39, 0.29) is 21.9 Å². The zero-order valence-electron chi connectivity index (χ0n) is 11.8. The fourth-order valence-corrected chi connectivity index (χ4v) is 6.24. The Labute approximate surface area is 143 Å². The molecule has 0 amide bonds. The standard InChI is InChI=1S/C13H15Cl4NO3/c1-6-8(7-4-5-21-18-7)12(17)10(15)9(14)11(6,16)13(12,19-2)20-3/h6,8H,4-5H2,1-3H3/t6?,8?,11-,12-/m0/s1. The van der Waals surface area contributed by atoms with Gasteiger partial charge in [-0.1, -0.05) is 35.3 Å². The van der Waals surface area contributed by atoms with E-state index in [1.807, 2.05) is 6.92 Å². The average Bonchev–Trinajstić information content (AvgIpc) is 3.06. The van der Waals surface area contributed by atoms with Crippen molar-refractivity contribution in [2.45, 2.75) is 28.9 Å². The summed E-state index contributed by atoms with van der Waals surface area (Å²) in [4.78, 5) is 2.71. The molecular weight excluding hydrogens is 360 g/mol. The van der Waals surface area contributed by atoms with Crippen LogP contribution in [0.25, 0.3) is 0 Å². The largest absolute Gasteiger partial charge is 0.395 e. The maximum atomic E-state index is 6.95. The fraction of sp³-hybridized carbons (Fsp3) is 0.769. The van der Waals surface area contributed by atoms with Gasteiger partial charge in [0, 0.05) is 26.6 Å². The van der Waals surface area contributed by atoms with Crippen LogP contribution in [0.3, 0.4) is 0 Å². The van der Waals surface area contributed by atoms with Crippen molar-refractivity contribution in [3.63, 3.8) is 0 Å². The lowest BCUT2D eigenvalue weighted by Crippen LogP contribution is -2.57. The number of nitrogens with zero attached hydrogens (tertiary/aromatic N) is 1. The predicted octanol–water partition coefficient (Wildman–Crippen LogP) is 3.68. The minimum Gasteiger partial charge on any atom is -0.395 e. The van der Waals surface area contributed by atoms with Crippen molar-refractivity contribution in [1.29, 1.82) is 0 Å². The lowest BCUT2D eigenvalue weighted by Gasteiger charge is -2.41. The number of hydrogen-bond donors (Lipinski definition) is 0. The quantitative estimate of drug-likeness (QED) is 0.558. The van der Waals surface area contributed by atoms with Crippen LogP contribution in [0.4, 0.5) is 0 Å². The molecule has 21 heavy (non-hydrogen) atoms. The minimum atomic E-state index is -1.37. The molecule has 0 N–H and O–H groups in total. The molecule has 1 saturated carbocycles. The summed E-state index contributed by atoms with van der Waals surface area (Å²) in [6.07, 6.45) is 0.668. The van der Waals surface area contributed by atoms with Gasteiger partial charge < -0.3 is 14.3 Å². The lowest BCUT2D eigenvalue weighted by molar-refractivity contribution is -0.219. The fourth-order valence-electron chi connectivity index (χ4n) is 4.02. The first-order valence-electron chi connectivity index (χ1n) is 6.56. The highest BCUT2D eigenvalue weighted by atomic mass is 35.5. The normalized spacial score (nSPS) is 44.2. The Kier molecular flexibility index (Phi) is 3.76. The Morgan fingerprint density at radius 2 is 1.71 bits per heavy atom. The van der Waals surface area contributed by atoms with Gasteiger partial charge >= 0.3 is 0 Å². The molecule has 0 aromatic carbocycles. The van der Waals surface area contributed by atoms with Crippen LogP contribution in [-0.4, -0.2) is 42.1 Å². The van der Waals surface area contributed by atoms with Crippen molar-refractivity contribution in [1.82, 2.24) is 0 Å². The van der Waals surface area contributed by atoms with E-state index in [1.54, 1.807) is 0 Å². The predicted molar refractivity (Wildman–Crippen MR) is 83.3 cm³/mol. The third-order valence-corrected chi connectivity index (χ3v) is 7.63. The van der Waals surface area contributed by atoms with Gasteiger partial charge in [0.05, 0.1) is 15.8 Å². The van der Waals surface area contributed by atoms with Gasteiger partial charge in [0.15, 0.2) is 0 Å². The average molecular weight is 375 g/mol. The molecule has 0 spiro atoms. The summed E-state index contributed by atoms with van der Waals surface area (Å²) >= 11 is 26.7. The Bertz CT molecular complexity index is 548. The van der Waals surface area contributed by atoms with E-state index in [0.717, 1.165) is 5.71 Å². The highest BCUT2D eigenvalue weighted by molar-refractivity contribution is 6.52. The molecule has 4 atom stereocenters. The van der Waals surface area contributed by atoms with Crippen molar-refractivity contribution < 1.29 is 14.3 Å². The Balaban J connectivity index is 2.26. The molecule has 3 rings (SSSR count). The van der Waals surface area contributed by atoms with E-state index in [4.69, 9.17) is 60.7 Å². The van der Waals surface area contributed by atoms with Gasteiger partial charge in [-0.15, -0.1) is 23.2 Å². The first-order valence-corrected chi connectivity index (χ1v) is 8.07. The zero-order chi connectivity index (χ0) is 15.6. The smallest absolute Gasteiger partial charge is 0.218 e. The van der Waals surface area contributed by atoms with Gasteiger partial charge in [-0.2, -0.15) is 0 Å². The molecule has 1 fully saturated rings. The number of fused-ring (bicyclic) bond motifs is 2. The summed E-state index contributed by atoms with van der Waals surface area (Å²) in [6, 6.07) is 0. The van der Waals surface area contributed by atoms with Crippen LogP contribution >= 0.6 is 46.4 Å². The molecule has 0 aromatic rings. The number of hydrogen-bond acceptors (Lipinski definition) is 4. The van der Waals surface area contributed by atoms with Crippen LogP contribution in [0, 0.1) is 11.8 Å². The number of rotatable bonds is 3. The molecule has 118 valence electrons. The molecule has 0 saturated heterocycles. The van der Waals surface area contributed by atoms with E-state index in [9.17, 15) is 0 Å². The molecule has 8 heteroatoms. The molecule has 2 unspecified atom stereocenters. The Morgan fingerprint density at radius 1 is 1.14 bits per heavy atom. The number of ether oxygens (including phenoxy) is 2. The van der Waals surface area contributed by atoms with Crippen LogP contribution in [0.2, 0.25) is 0 Å². The summed E-state index contributed by atoms with van der Waals surface area (Å²) in [6.45, 7) is 2.46. The van der Waals surface area contributed by atoms with Gasteiger partial charge in [0.2, 0.25) is 5.79 Å². The maximum Gasteiger partial charge on any atom is 0.218 e. The van der Waals surface area contributed by atoms with Gasteiger partial charge in [-0.3, -0.25) is 0 Å². The van der Waals surface area contributed by atoms with Crippen molar-refractivity contribution in [3.8, 4) is 0 Å². The molecule has 4 nitrogen and oxygen atoms in total. The Morgan fingerprint density at radius 3 is 2.14 bits per heavy atom. The summed E-state index contributed by atoms with van der Waals surface area (Å²) in [7, 11) is 2.97. The maximum absolute atomic E-state index is 6.95. The van der Waals surface area contributed by atoms with Gasteiger partial charge in [-0.25, -0.2) is 0 Å². The van der Waals surface area contributed by atoms with E-state index >= 15 is 0 Å². The second-order valence-corrected chi connectivity index (χ2v) is 7.46. The van der Waals surface area contributed by atoms with Crippen molar-refractivity contribution in [2.75, 3.05) is 20.8 Å². The van der Waals surface area contributed by atoms with Crippen molar-refractivity contribution in [3.05, 3.63) is 10.1 Å². The van der Waals surface area contributed by atoms with Crippen LogP contribution in [0.5, 0.6) is 0 Å². The summed E-state index contributed by atoms with van der Waals surface area (Å²) < 4.78 is 11.3. The second kappa shape index (κ2) is 4.89. The van der Waals surface area contributed by atoms with Gasteiger partial charge in [0.25, 0.3) is 0 Å². The van der Waals surface area contributed by atoms with Crippen LogP contribution in [-0.2, 0) is 14.3 Å². The molecule has 2 bridgehead atoms. The number of methoxy groups -OCH3 is 2. The van der Waals surface area contributed by atoms with Crippen LogP contribution < -0.4 is 0 Å². The first kappa shape index (κ1) is 16.2. The SMILES string of the molecule is COC1(OC)[C@@]2(Cl)C(Cl)=C(Cl)[C@@]1(Cl)C(C1=NOCC1)C2C. The third-order valence-electron chi connectivity index (χ3n) is 4.91. The highest BCUT2D eigenvalue weighted by Crippen LogP contribution is 2.74. The molecule has 1 aliphatic heterocycles. The lowest BCUT2D eigenvalue weighted by atomic mass is 9.79. The van der Waals surface area contributed by atoms with E-state index < -0.39 is 15.5 Å². The zero-order valence-corrected chi connectivity index (χ0v) is 14.8. The molecule has 0 radical (unpaired) electrons. The molecule has 3 aliphatic rings. The summed E-state index contributed by atoms with van der Waals surface area (Å²) in [5.41, 5.74) is 0.806. The van der Waals surface area contributed by atoms with Crippen LogP contribution in [0.1, 0.15) is 13.3 Å². The molecular formula is C13H15Cl4NO3. The summed E-state index contributed by atoms with van der Waals surface area (Å²) in [5.74, 6) is -1.84. The molecule has 0 aromatic heterocycles. The summed E-state index contributed by atoms with van der Waals surface area (Å²) in [5, 5.41) is 4.62. The van der Waals surface area contributed by atoms with Crippen molar-refractivity contribution >= 4 is 52.1 Å². The van der Waals surface area contributed by atoms with E-state index in [0.29, 0.717) is 13.0 Å². The number of oxime groups is 1. The number of halogens is 4. The second-order valence-electron chi connectivity index (χ2n) is 5.51. The topological polar surface area (TPSA) is 40.0 Å². The van der Waals surface area contributed by atoms with E-state index in [1.165, 1.54) is 14.2 Å². The van der Waals surface area contributed by atoms with Gasteiger partial charge in [-0.05, 0) is 5.92 Å². The molecule has 1 heterocycles. The first-order chi connectivity index (χ1) is 9.82. The van der Waals surface area contributed by atoms with E-state index in [2.05, 4.69) is 5.16 Å². The molecule has 2 aliphatic carbocycles. The third kappa shape index (κ3) is 1.50. The van der Waals surface area contributed by atoms with Crippen molar-refractivity contribution in [2.24, 2.45) is 17.0 Å². The number of alkyl halides is 2. The highest BCUT2D eigenvalue weighted by Gasteiger charge is 2.84. The minimum absolute atomic E-state index is 0.188. The van der Waals surface area contributed by atoms with Crippen LogP contribution in [0.15, 0.2) is 15.2 Å².